The molecule has 0 aliphatic carbocycles. The molecule has 1 N–H and O–H groups in total. The standard InChI is InChI=1S/C17H17F3N4OS/c1-4-5-24-10(2)6-12(11(24)3)7-13(8-21)15(25)23-16-22-14(9-26-16)17(18,19)20/h6-7,9H,4-5H2,1-3H3,(H,22,23,25)/b13-7+. The minimum atomic E-state index is -4.58. The van der Waals surface area contributed by atoms with Crippen molar-refractivity contribution in [1.29, 1.82) is 5.26 Å². The maximum absolute atomic E-state index is 12.6. The zero-order chi connectivity index (χ0) is 19.5. The van der Waals surface area contributed by atoms with Gasteiger partial charge in [0.05, 0.1) is 0 Å². The normalized spacial score (nSPS) is 12.1. The summed E-state index contributed by atoms with van der Waals surface area (Å²) in [4.78, 5) is 15.5. The van der Waals surface area contributed by atoms with Crippen LogP contribution in [0.4, 0.5) is 18.3 Å². The van der Waals surface area contributed by atoms with Crippen LogP contribution >= 0.6 is 11.3 Å². The number of nitriles is 1. The van der Waals surface area contributed by atoms with E-state index in [1.165, 1.54) is 6.08 Å². The quantitative estimate of drug-likeness (QED) is 0.610. The molecule has 1 amide bonds. The number of carbonyl (C=O) groups is 1. The highest BCUT2D eigenvalue weighted by Gasteiger charge is 2.34. The predicted octanol–water partition coefficient (Wildman–Crippen LogP) is 4.54. The number of hydrogen-bond acceptors (Lipinski definition) is 4. The zero-order valence-electron chi connectivity index (χ0n) is 14.4. The molecule has 0 aliphatic heterocycles. The molecule has 0 spiro atoms. The first-order valence-corrected chi connectivity index (χ1v) is 8.68. The Labute approximate surface area is 152 Å². The van der Waals surface area contributed by atoms with Gasteiger partial charge < -0.3 is 4.57 Å². The molecule has 2 rings (SSSR count). The molecule has 5 nitrogen and oxygen atoms in total. The third kappa shape index (κ3) is 4.32. The first-order valence-electron chi connectivity index (χ1n) is 7.80. The molecule has 0 unspecified atom stereocenters. The summed E-state index contributed by atoms with van der Waals surface area (Å²) in [5.74, 6) is -0.795. The highest BCUT2D eigenvalue weighted by Crippen LogP contribution is 2.31. The van der Waals surface area contributed by atoms with E-state index in [9.17, 15) is 23.2 Å². The van der Waals surface area contributed by atoms with E-state index >= 15 is 0 Å². The molecule has 0 radical (unpaired) electrons. The minimum absolute atomic E-state index is 0.203. The topological polar surface area (TPSA) is 70.7 Å². The molecule has 2 heterocycles. The molecule has 0 fully saturated rings. The molecular weight excluding hydrogens is 365 g/mol. The fraction of sp³-hybridized carbons (Fsp3) is 0.353. The molecule has 2 aromatic rings. The Bertz CT molecular complexity index is 887. The Morgan fingerprint density at radius 2 is 2.15 bits per heavy atom. The second-order valence-electron chi connectivity index (χ2n) is 5.64. The van der Waals surface area contributed by atoms with Gasteiger partial charge in [-0.25, -0.2) is 4.98 Å². The Hall–Kier alpha value is -2.60. The number of alkyl halides is 3. The largest absolute Gasteiger partial charge is 0.434 e. The number of aryl methyl sites for hydroxylation is 1. The van der Waals surface area contributed by atoms with Crippen LogP contribution in [-0.4, -0.2) is 15.5 Å². The third-order valence-electron chi connectivity index (χ3n) is 3.74. The van der Waals surface area contributed by atoms with E-state index in [0.717, 1.165) is 35.3 Å². The molecule has 0 bridgehead atoms. The average Bonchev–Trinajstić information content (AvgIpc) is 3.13. The van der Waals surface area contributed by atoms with Gasteiger partial charge in [-0.2, -0.15) is 18.4 Å². The monoisotopic (exact) mass is 382 g/mol. The maximum Gasteiger partial charge on any atom is 0.434 e. The molecule has 0 saturated heterocycles. The highest BCUT2D eigenvalue weighted by atomic mass is 32.1. The molecule has 0 aliphatic rings. The maximum atomic E-state index is 12.6. The smallest absolute Gasteiger partial charge is 0.349 e. The number of halogens is 3. The molecular formula is C17H17F3N4OS. The fourth-order valence-electron chi connectivity index (χ4n) is 2.47. The summed E-state index contributed by atoms with van der Waals surface area (Å²) in [7, 11) is 0. The number of aromatic nitrogens is 2. The van der Waals surface area contributed by atoms with Gasteiger partial charge in [-0.05, 0) is 38.0 Å². The number of hydrogen-bond donors (Lipinski definition) is 1. The van der Waals surface area contributed by atoms with Gasteiger partial charge in [0.25, 0.3) is 5.91 Å². The summed E-state index contributed by atoms with van der Waals surface area (Å²) in [5, 5.41) is 12.1. The van der Waals surface area contributed by atoms with Gasteiger partial charge in [-0.3, -0.25) is 10.1 Å². The number of thiazole rings is 1. The van der Waals surface area contributed by atoms with Crippen LogP contribution in [0, 0.1) is 25.2 Å². The lowest BCUT2D eigenvalue weighted by Crippen LogP contribution is -2.14. The fourth-order valence-corrected chi connectivity index (χ4v) is 3.18. The van der Waals surface area contributed by atoms with Gasteiger partial charge in [0.1, 0.15) is 11.6 Å². The van der Waals surface area contributed by atoms with Crippen LogP contribution in [0.15, 0.2) is 17.0 Å². The lowest BCUT2D eigenvalue weighted by molar-refractivity contribution is -0.140. The van der Waals surface area contributed by atoms with E-state index in [4.69, 9.17) is 0 Å². The average molecular weight is 382 g/mol. The van der Waals surface area contributed by atoms with E-state index in [1.807, 2.05) is 26.8 Å². The number of nitrogens with zero attached hydrogens (tertiary/aromatic N) is 3. The van der Waals surface area contributed by atoms with Crippen molar-refractivity contribution in [2.24, 2.45) is 0 Å². The van der Waals surface area contributed by atoms with E-state index in [0.29, 0.717) is 11.3 Å². The van der Waals surface area contributed by atoms with Crippen molar-refractivity contribution in [3.8, 4) is 6.07 Å². The van der Waals surface area contributed by atoms with Crippen LogP contribution in [-0.2, 0) is 17.5 Å². The van der Waals surface area contributed by atoms with Crippen molar-refractivity contribution >= 4 is 28.5 Å². The van der Waals surface area contributed by atoms with E-state index in [1.54, 1.807) is 6.07 Å². The molecule has 26 heavy (non-hydrogen) atoms. The second-order valence-corrected chi connectivity index (χ2v) is 6.50. The van der Waals surface area contributed by atoms with Crippen molar-refractivity contribution < 1.29 is 18.0 Å². The lowest BCUT2D eigenvalue weighted by atomic mass is 10.1. The van der Waals surface area contributed by atoms with Crippen LogP contribution in [0.3, 0.4) is 0 Å². The number of amides is 1. The first-order chi connectivity index (χ1) is 12.2. The second kappa shape index (κ2) is 7.74. The summed E-state index contributed by atoms with van der Waals surface area (Å²) >= 11 is 0.651. The molecule has 0 atom stereocenters. The third-order valence-corrected chi connectivity index (χ3v) is 4.50. The van der Waals surface area contributed by atoms with Crippen LogP contribution in [0.5, 0.6) is 0 Å². The van der Waals surface area contributed by atoms with E-state index in [2.05, 4.69) is 14.9 Å². The molecule has 2 aromatic heterocycles. The Kier molecular flexibility index (Phi) is 5.87. The summed E-state index contributed by atoms with van der Waals surface area (Å²) in [6, 6.07) is 3.65. The van der Waals surface area contributed by atoms with Crippen molar-refractivity contribution in [3.63, 3.8) is 0 Å². The summed E-state index contributed by atoms with van der Waals surface area (Å²) in [5.41, 5.74) is 1.35. The molecule has 0 aromatic carbocycles. The minimum Gasteiger partial charge on any atom is -0.349 e. The first kappa shape index (κ1) is 19.7. The molecule has 138 valence electrons. The zero-order valence-corrected chi connectivity index (χ0v) is 15.3. The van der Waals surface area contributed by atoms with Crippen LogP contribution in [0.1, 0.15) is 36.0 Å². The number of nitrogens with one attached hydrogen (secondary N) is 1. The van der Waals surface area contributed by atoms with Gasteiger partial charge in [0, 0.05) is 23.3 Å². The Morgan fingerprint density at radius 1 is 1.46 bits per heavy atom. The Balaban J connectivity index is 2.24. The van der Waals surface area contributed by atoms with Gasteiger partial charge in [0.15, 0.2) is 10.8 Å². The van der Waals surface area contributed by atoms with Gasteiger partial charge in [0.2, 0.25) is 0 Å². The van der Waals surface area contributed by atoms with Gasteiger partial charge in [-0.15, -0.1) is 11.3 Å². The number of carbonyl (C=O) groups excluding carboxylic acids is 1. The van der Waals surface area contributed by atoms with Crippen molar-refractivity contribution in [3.05, 3.63) is 39.7 Å². The summed E-state index contributed by atoms with van der Waals surface area (Å²) in [6.45, 7) is 6.68. The number of rotatable bonds is 5. The van der Waals surface area contributed by atoms with E-state index in [-0.39, 0.29) is 10.7 Å². The predicted molar refractivity (Wildman–Crippen MR) is 93.5 cm³/mol. The van der Waals surface area contributed by atoms with Crippen molar-refractivity contribution in [1.82, 2.24) is 9.55 Å². The van der Waals surface area contributed by atoms with Crippen LogP contribution in [0.25, 0.3) is 6.08 Å². The van der Waals surface area contributed by atoms with Gasteiger partial charge in [-0.1, -0.05) is 6.92 Å². The summed E-state index contributed by atoms with van der Waals surface area (Å²) in [6.07, 6.45) is -2.21. The van der Waals surface area contributed by atoms with Crippen LogP contribution in [0.2, 0.25) is 0 Å². The van der Waals surface area contributed by atoms with Crippen LogP contribution < -0.4 is 5.32 Å². The number of anilines is 1. The van der Waals surface area contributed by atoms with Crippen molar-refractivity contribution in [2.45, 2.75) is 39.9 Å². The molecule has 0 saturated carbocycles. The van der Waals surface area contributed by atoms with Gasteiger partial charge >= 0.3 is 6.18 Å². The van der Waals surface area contributed by atoms with E-state index < -0.39 is 17.8 Å². The van der Waals surface area contributed by atoms with Crippen molar-refractivity contribution in [2.75, 3.05) is 5.32 Å². The Morgan fingerprint density at radius 3 is 2.69 bits per heavy atom. The summed E-state index contributed by atoms with van der Waals surface area (Å²) < 4.78 is 39.8. The molecule has 9 heteroatoms. The SMILES string of the molecule is CCCn1c(C)cc(/C=C(\C#N)C(=O)Nc2nc(C(F)(F)F)cs2)c1C. The highest BCUT2D eigenvalue weighted by molar-refractivity contribution is 7.14. The lowest BCUT2D eigenvalue weighted by Gasteiger charge is -2.07.